The monoisotopic (exact) mass is 274 g/mol. The molecular formula is C14H18N4O2. The number of aromatic nitrogens is 3. The van der Waals surface area contributed by atoms with E-state index in [1.165, 1.54) is 6.33 Å². The van der Waals surface area contributed by atoms with Gasteiger partial charge in [0, 0.05) is 13.0 Å². The van der Waals surface area contributed by atoms with Crippen LogP contribution in [0.3, 0.4) is 0 Å². The molecule has 0 aliphatic carbocycles. The van der Waals surface area contributed by atoms with Crippen LogP contribution in [0.15, 0.2) is 30.6 Å². The summed E-state index contributed by atoms with van der Waals surface area (Å²) in [7, 11) is 0. The average Bonchev–Trinajstić information content (AvgIpc) is 2.94. The molecule has 0 fully saturated rings. The fourth-order valence-electron chi connectivity index (χ4n) is 1.67. The summed E-state index contributed by atoms with van der Waals surface area (Å²) in [4.78, 5) is 15.8. The number of carbonyl (C=O) groups excluding carboxylic acids is 1. The lowest BCUT2D eigenvalue weighted by atomic mass is 10.2. The largest absolute Gasteiger partial charge is 0.481 e. The molecule has 1 aromatic heterocycles. The third-order valence-corrected chi connectivity index (χ3v) is 2.83. The number of amides is 1. The maximum Gasteiger partial charge on any atom is 0.260 e. The van der Waals surface area contributed by atoms with Crippen LogP contribution in [-0.4, -0.2) is 33.7 Å². The van der Waals surface area contributed by atoms with E-state index in [0.717, 1.165) is 11.4 Å². The Morgan fingerprint density at radius 2 is 2.15 bits per heavy atom. The van der Waals surface area contributed by atoms with Crippen molar-refractivity contribution in [3.8, 4) is 5.75 Å². The zero-order valence-electron chi connectivity index (χ0n) is 11.6. The van der Waals surface area contributed by atoms with E-state index in [4.69, 9.17) is 4.74 Å². The van der Waals surface area contributed by atoms with Crippen molar-refractivity contribution >= 4 is 5.91 Å². The molecule has 6 nitrogen and oxygen atoms in total. The molecule has 2 aromatic rings. The number of benzene rings is 1. The highest BCUT2D eigenvalue weighted by atomic mass is 16.5. The van der Waals surface area contributed by atoms with Crippen LogP contribution in [-0.2, 0) is 11.2 Å². The average molecular weight is 274 g/mol. The van der Waals surface area contributed by atoms with Crippen molar-refractivity contribution < 1.29 is 9.53 Å². The van der Waals surface area contributed by atoms with E-state index in [2.05, 4.69) is 20.5 Å². The van der Waals surface area contributed by atoms with Gasteiger partial charge in [-0.05, 0) is 26.0 Å². The van der Waals surface area contributed by atoms with E-state index in [9.17, 15) is 4.79 Å². The molecule has 0 spiro atoms. The van der Waals surface area contributed by atoms with E-state index in [1.54, 1.807) is 6.92 Å². The van der Waals surface area contributed by atoms with Crippen LogP contribution in [0.1, 0.15) is 18.3 Å². The summed E-state index contributed by atoms with van der Waals surface area (Å²) in [6.45, 7) is 4.22. The third kappa shape index (κ3) is 4.08. The smallest absolute Gasteiger partial charge is 0.260 e. The van der Waals surface area contributed by atoms with Gasteiger partial charge < -0.3 is 10.1 Å². The number of nitrogens with one attached hydrogen (secondary N) is 2. The van der Waals surface area contributed by atoms with Gasteiger partial charge in [0.25, 0.3) is 5.91 Å². The normalized spacial score (nSPS) is 11.9. The molecule has 1 heterocycles. The first-order valence-corrected chi connectivity index (χ1v) is 6.50. The van der Waals surface area contributed by atoms with Crippen molar-refractivity contribution in [2.75, 3.05) is 6.54 Å². The molecule has 1 amide bonds. The minimum Gasteiger partial charge on any atom is -0.481 e. The van der Waals surface area contributed by atoms with Crippen molar-refractivity contribution in [1.29, 1.82) is 0 Å². The Bertz CT molecular complexity index is 537. The van der Waals surface area contributed by atoms with Gasteiger partial charge in [0.2, 0.25) is 0 Å². The van der Waals surface area contributed by atoms with Gasteiger partial charge in [-0.15, -0.1) is 0 Å². The Balaban J connectivity index is 1.75. The second kappa shape index (κ2) is 6.70. The van der Waals surface area contributed by atoms with E-state index >= 15 is 0 Å². The van der Waals surface area contributed by atoms with Gasteiger partial charge >= 0.3 is 0 Å². The molecule has 0 aliphatic rings. The van der Waals surface area contributed by atoms with Gasteiger partial charge in [-0.25, -0.2) is 4.98 Å². The SMILES string of the molecule is Cc1ccc(OC(C)C(=O)NCCc2ncn[nH]2)cc1. The van der Waals surface area contributed by atoms with Gasteiger partial charge in [-0.1, -0.05) is 17.7 Å². The van der Waals surface area contributed by atoms with Gasteiger partial charge in [-0.3, -0.25) is 9.89 Å². The zero-order chi connectivity index (χ0) is 14.4. The van der Waals surface area contributed by atoms with Crippen molar-refractivity contribution in [2.24, 2.45) is 0 Å². The zero-order valence-corrected chi connectivity index (χ0v) is 11.6. The molecule has 0 radical (unpaired) electrons. The number of hydrogen-bond donors (Lipinski definition) is 2. The highest BCUT2D eigenvalue weighted by molar-refractivity contribution is 5.80. The van der Waals surface area contributed by atoms with Crippen LogP contribution in [0.4, 0.5) is 0 Å². The van der Waals surface area contributed by atoms with E-state index < -0.39 is 6.10 Å². The molecule has 0 aliphatic heterocycles. The van der Waals surface area contributed by atoms with Crippen molar-refractivity contribution in [3.05, 3.63) is 42.0 Å². The number of nitrogens with zero attached hydrogens (tertiary/aromatic N) is 2. The summed E-state index contributed by atoms with van der Waals surface area (Å²) in [6.07, 6.45) is 1.52. The van der Waals surface area contributed by atoms with Gasteiger partial charge in [0.1, 0.15) is 17.9 Å². The molecule has 6 heteroatoms. The minimum atomic E-state index is -0.535. The number of rotatable bonds is 6. The molecule has 1 atom stereocenters. The number of aromatic amines is 1. The van der Waals surface area contributed by atoms with Gasteiger partial charge in [-0.2, -0.15) is 5.10 Å². The summed E-state index contributed by atoms with van der Waals surface area (Å²) in [5.74, 6) is 1.29. The van der Waals surface area contributed by atoms with Crippen LogP contribution in [0.5, 0.6) is 5.75 Å². The predicted octanol–water partition coefficient (Wildman–Crippen LogP) is 1.24. The topological polar surface area (TPSA) is 79.9 Å². The summed E-state index contributed by atoms with van der Waals surface area (Å²) in [6, 6.07) is 7.61. The summed E-state index contributed by atoms with van der Waals surface area (Å²) >= 11 is 0. The van der Waals surface area contributed by atoms with Crippen LogP contribution >= 0.6 is 0 Å². The highest BCUT2D eigenvalue weighted by Gasteiger charge is 2.14. The van der Waals surface area contributed by atoms with Crippen LogP contribution < -0.4 is 10.1 Å². The van der Waals surface area contributed by atoms with E-state index in [-0.39, 0.29) is 5.91 Å². The van der Waals surface area contributed by atoms with Crippen molar-refractivity contribution in [1.82, 2.24) is 20.5 Å². The van der Waals surface area contributed by atoms with Gasteiger partial charge in [0.05, 0.1) is 0 Å². The van der Waals surface area contributed by atoms with Crippen molar-refractivity contribution in [2.45, 2.75) is 26.4 Å². The number of ether oxygens (including phenoxy) is 1. The summed E-state index contributed by atoms with van der Waals surface area (Å²) in [5, 5.41) is 9.29. The lowest BCUT2D eigenvalue weighted by Crippen LogP contribution is -2.37. The van der Waals surface area contributed by atoms with Crippen LogP contribution in [0, 0.1) is 6.92 Å². The lowest BCUT2D eigenvalue weighted by Gasteiger charge is -2.14. The summed E-state index contributed by atoms with van der Waals surface area (Å²) in [5.41, 5.74) is 1.15. The maximum absolute atomic E-state index is 11.9. The molecule has 2 N–H and O–H groups in total. The fraction of sp³-hybridized carbons (Fsp3) is 0.357. The van der Waals surface area contributed by atoms with Crippen molar-refractivity contribution in [3.63, 3.8) is 0 Å². The number of carbonyl (C=O) groups is 1. The Kier molecular flexibility index (Phi) is 4.70. The molecule has 1 unspecified atom stereocenters. The Labute approximate surface area is 117 Å². The quantitative estimate of drug-likeness (QED) is 0.830. The molecule has 1 aromatic carbocycles. The molecule has 2 rings (SSSR count). The number of H-pyrrole nitrogens is 1. The van der Waals surface area contributed by atoms with E-state index in [1.807, 2.05) is 31.2 Å². The highest BCUT2D eigenvalue weighted by Crippen LogP contribution is 2.13. The molecule has 106 valence electrons. The predicted molar refractivity (Wildman–Crippen MR) is 74.4 cm³/mol. The van der Waals surface area contributed by atoms with E-state index in [0.29, 0.717) is 18.7 Å². The standard InChI is InChI=1S/C14H18N4O2/c1-10-3-5-12(6-4-10)20-11(2)14(19)15-8-7-13-16-9-17-18-13/h3-6,9,11H,7-8H2,1-2H3,(H,15,19)(H,16,17,18). The maximum atomic E-state index is 11.9. The lowest BCUT2D eigenvalue weighted by molar-refractivity contribution is -0.127. The minimum absolute atomic E-state index is 0.148. The Morgan fingerprint density at radius 1 is 1.40 bits per heavy atom. The number of hydrogen-bond acceptors (Lipinski definition) is 4. The Morgan fingerprint density at radius 3 is 2.80 bits per heavy atom. The molecule has 0 bridgehead atoms. The molecule has 0 saturated heterocycles. The van der Waals surface area contributed by atoms with Crippen LogP contribution in [0.25, 0.3) is 0 Å². The van der Waals surface area contributed by atoms with Crippen LogP contribution in [0.2, 0.25) is 0 Å². The third-order valence-electron chi connectivity index (χ3n) is 2.83. The number of aryl methyl sites for hydroxylation is 1. The molecule has 0 saturated carbocycles. The molecular weight excluding hydrogens is 256 g/mol. The first kappa shape index (κ1) is 14.0. The van der Waals surface area contributed by atoms with Gasteiger partial charge in [0.15, 0.2) is 6.10 Å². The Hall–Kier alpha value is -2.37. The second-order valence-corrected chi connectivity index (χ2v) is 4.55. The summed E-state index contributed by atoms with van der Waals surface area (Å²) < 4.78 is 5.57. The second-order valence-electron chi connectivity index (χ2n) is 4.55. The molecule has 20 heavy (non-hydrogen) atoms. The fourth-order valence-corrected chi connectivity index (χ4v) is 1.67. The first-order chi connectivity index (χ1) is 9.65. The first-order valence-electron chi connectivity index (χ1n) is 6.50.